The SMILES string of the molecule is NC(=S)c1ccccc1NCCC1CCOC1. The van der Waals surface area contributed by atoms with Crippen LogP contribution in [0, 0.1) is 5.92 Å². The molecule has 1 aromatic carbocycles. The molecule has 1 unspecified atom stereocenters. The van der Waals surface area contributed by atoms with E-state index in [0.717, 1.165) is 37.4 Å². The molecule has 3 nitrogen and oxygen atoms in total. The summed E-state index contributed by atoms with van der Waals surface area (Å²) in [5.41, 5.74) is 7.63. The number of hydrogen-bond donors (Lipinski definition) is 2. The van der Waals surface area contributed by atoms with Crippen molar-refractivity contribution in [2.75, 3.05) is 25.1 Å². The Kier molecular flexibility index (Phi) is 4.34. The summed E-state index contributed by atoms with van der Waals surface area (Å²) in [5.74, 6) is 0.694. The Morgan fingerprint density at radius 3 is 3.00 bits per heavy atom. The van der Waals surface area contributed by atoms with E-state index in [1.807, 2.05) is 24.3 Å². The van der Waals surface area contributed by atoms with Crippen LogP contribution in [-0.2, 0) is 4.74 Å². The summed E-state index contributed by atoms with van der Waals surface area (Å²) >= 11 is 5.03. The fraction of sp³-hybridized carbons (Fsp3) is 0.462. The van der Waals surface area contributed by atoms with Gasteiger partial charge in [0.25, 0.3) is 0 Å². The number of nitrogens with one attached hydrogen (secondary N) is 1. The molecule has 2 rings (SSSR count). The molecular weight excluding hydrogens is 232 g/mol. The highest BCUT2D eigenvalue weighted by atomic mass is 32.1. The van der Waals surface area contributed by atoms with Gasteiger partial charge in [-0.1, -0.05) is 24.4 Å². The van der Waals surface area contributed by atoms with E-state index < -0.39 is 0 Å². The van der Waals surface area contributed by atoms with E-state index in [1.165, 1.54) is 6.42 Å². The van der Waals surface area contributed by atoms with Gasteiger partial charge in [-0.25, -0.2) is 0 Å². The Bertz CT molecular complexity index is 389. The van der Waals surface area contributed by atoms with Gasteiger partial charge in [-0.05, 0) is 30.9 Å². The van der Waals surface area contributed by atoms with Crippen molar-refractivity contribution in [3.63, 3.8) is 0 Å². The zero-order chi connectivity index (χ0) is 12.1. The van der Waals surface area contributed by atoms with Crippen LogP contribution in [0.2, 0.25) is 0 Å². The summed E-state index contributed by atoms with van der Waals surface area (Å²) in [5, 5.41) is 3.40. The van der Waals surface area contributed by atoms with E-state index in [2.05, 4.69) is 5.32 Å². The molecule has 17 heavy (non-hydrogen) atoms. The van der Waals surface area contributed by atoms with E-state index >= 15 is 0 Å². The van der Waals surface area contributed by atoms with Gasteiger partial charge < -0.3 is 15.8 Å². The van der Waals surface area contributed by atoms with Gasteiger partial charge in [0.05, 0.1) is 0 Å². The molecule has 1 fully saturated rings. The average molecular weight is 250 g/mol. The van der Waals surface area contributed by atoms with Crippen molar-refractivity contribution in [2.24, 2.45) is 11.7 Å². The van der Waals surface area contributed by atoms with Crippen molar-refractivity contribution < 1.29 is 4.74 Å². The van der Waals surface area contributed by atoms with Crippen molar-refractivity contribution in [3.05, 3.63) is 29.8 Å². The molecule has 0 bridgehead atoms. The third kappa shape index (κ3) is 3.41. The van der Waals surface area contributed by atoms with Gasteiger partial charge in [0.2, 0.25) is 0 Å². The molecule has 0 aliphatic carbocycles. The first kappa shape index (κ1) is 12.3. The van der Waals surface area contributed by atoms with E-state index in [4.69, 9.17) is 22.7 Å². The molecule has 1 aromatic rings. The van der Waals surface area contributed by atoms with Gasteiger partial charge in [0, 0.05) is 31.0 Å². The molecule has 4 heteroatoms. The summed E-state index contributed by atoms with van der Waals surface area (Å²) in [6.07, 6.45) is 2.31. The van der Waals surface area contributed by atoms with Gasteiger partial charge in [-0.15, -0.1) is 0 Å². The van der Waals surface area contributed by atoms with Crippen molar-refractivity contribution in [2.45, 2.75) is 12.8 Å². The number of anilines is 1. The molecule has 1 heterocycles. The quantitative estimate of drug-likeness (QED) is 0.786. The number of thiocarbonyl (C=S) groups is 1. The molecule has 0 aromatic heterocycles. The number of benzene rings is 1. The predicted octanol–water partition coefficient (Wildman–Crippen LogP) is 2.16. The zero-order valence-corrected chi connectivity index (χ0v) is 10.6. The summed E-state index contributed by atoms with van der Waals surface area (Å²) < 4.78 is 5.35. The Balaban J connectivity index is 1.87. The molecule has 1 saturated heterocycles. The van der Waals surface area contributed by atoms with E-state index in [0.29, 0.717) is 10.9 Å². The summed E-state index contributed by atoms with van der Waals surface area (Å²) in [6, 6.07) is 7.90. The lowest BCUT2D eigenvalue weighted by Gasteiger charge is -2.12. The molecule has 1 aliphatic heterocycles. The van der Waals surface area contributed by atoms with Gasteiger partial charge >= 0.3 is 0 Å². The highest BCUT2D eigenvalue weighted by Crippen LogP contribution is 2.18. The standard InChI is InChI=1S/C13H18N2OS/c14-13(17)11-3-1-2-4-12(11)15-7-5-10-6-8-16-9-10/h1-4,10,15H,5-9H2,(H2,14,17). The molecule has 0 spiro atoms. The fourth-order valence-corrected chi connectivity index (χ4v) is 2.25. The van der Waals surface area contributed by atoms with Crippen LogP contribution < -0.4 is 11.1 Å². The Morgan fingerprint density at radius 2 is 2.29 bits per heavy atom. The van der Waals surface area contributed by atoms with Crippen LogP contribution in [0.25, 0.3) is 0 Å². The lowest BCUT2D eigenvalue weighted by atomic mass is 10.1. The maximum atomic E-state index is 5.68. The van der Waals surface area contributed by atoms with Gasteiger partial charge in [0.15, 0.2) is 0 Å². The fourth-order valence-electron chi connectivity index (χ4n) is 2.07. The van der Waals surface area contributed by atoms with E-state index in [-0.39, 0.29) is 0 Å². The van der Waals surface area contributed by atoms with Crippen molar-refractivity contribution in [1.29, 1.82) is 0 Å². The van der Waals surface area contributed by atoms with Crippen LogP contribution in [0.15, 0.2) is 24.3 Å². The second-order valence-corrected chi connectivity index (χ2v) is 4.79. The molecule has 1 aliphatic rings. The van der Waals surface area contributed by atoms with E-state index in [9.17, 15) is 0 Å². The second kappa shape index (κ2) is 5.98. The Labute approximate surface area is 107 Å². The minimum atomic E-state index is 0.442. The van der Waals surface area contributed by atoms with Gasteiger partial charge in [-0.3, -0.25) is 0 Å². The van der Waals surface area contributed by atoms with Crippen LogP contribution in [0.1, 0.15) is 18.4 Å². The largest absolute Gasteiger partial charge is 0.389 e. The first-order valence-corrected chi connectivity index (χ1v) is 6.38. The first-order chi connectivity index (χ1) is 8.27. The molecule has 92 valence electrons. The Hall–Kier alpha value is -1.13. The van der Waals surface area contributed by atoms with E-state index in [1.54, 1.807) is 0 Å². The molecule has 1 atom stereocenters. The smallest absolute Gasteiger partial charge is 0.106 e. The summed E-state index contributed by atoms with van der Waals surface area (Å²) in [7, 11) is 0. The normalized spacial score (nSPS) is 19.2. The minimum absolute atomic E-state index is 0.442. The molecular formula is C13H18N2OS. The van der Waals surface area contributed by atoms with Gasteiger partial charge in [-0.2, -0.15) is 0 Å². The van der Waals surface area contributed by atoms with Crippen LogP contribution in [0.5, 0.6) is 0 Å². The second-order valence-electron chi connectivity index (χ2n) is 4.35. The van der Waals surface area contributed by atoms with Crippen LogP contribution in [0.4, 0.5) is 5.69 Å². The topological polar surface area (TPSA) is 47.3 Å². The van der Waals surface area contributed by atoms with Crippen molar-refractivity contribution in [3.8, 4) is 0 Å². The maximum Gasteiger partial charge on any atom is 0.106 e. The molecule has 0 saturated carbocycles. The maximum absolute atomic E-state index is 5.68. The molecule has 0 radical (unpaired) electrons. The lowest BCUT2D eigenvalue weighted by molar-refractivity contribution is 0.185. The summed E-state index contributed by atoms with van der Waals surface area (Å²) in [4.78, 5) is 0.442. The third-order valence-corrected chi connectivity index (χ3v) is 3.30. The van der Waals surface area contributed by atoms with Crippen molar-refractivity contribution in [1.82, 2.24) is 0 Å². The van der Waals surface area contributed by atoms with Crippen LogP contribution in [0.3, 0.4) is 0 Å². The highest BCUT2D eigenvalue weighted by Gasteiger charge is 2.15. The Morgan fingerprint density at radius 1 is 1.47 bits per heavy atom. The third-order valence-electron chi connectivity index (χ3n) is 3.08. The first-order valence-electron chi connectivity index (χ1n) is 5.98. The number of hydrogen-bond acceptors (Lipinski definition) is 3. The molecule has 0 amide bonds. The predicted molar refractivity (Wildman–Crippen MR) is 74.4 cm³/mol. The molecule has 3 N–H and O–H groups in total. The van der Waals surface area contributed by atoms with Gasteiger partial charge in [0.1, 0.15) is 4.99 Å². The lowest BCUT2D eigenvalue weighted by Crippen LogP contribution is -2.15. The average Bonchev–Trinajstić information content (AvgIpc) is 2.82. The number of rotatable bonds is 5. The number of para-hydroxylation sites is 1. The van der Waals surface area contributed by atoms with Crippen LogP contribution in [-0.4, -0.2) is 24.7 Å². The number of ether oxygens (including phenoxy) is 1. The summed E-state index contributed by atoms with van der Waals surface area (Å²) in [6.45, 7) is 2.75. The number of nitrogens with two attached hydrogens (primary N) is 1. The van der Waals surface area contributed by atoms with Crippen molar-refractivity contribution >= 4 is 22.9 Å². The van der Waals surface area contributed by atoms with Crippen LogP contribution >= 0.6 is 12.2 Å². The minimum Gasteiger partial charge on any atom is -0.389 e. The zero-order valence-electron chi connectivity index (χ0n) is 9.82. The monoisotopic (exact) mass is 250 g/mol. The highest BCUT2D eigenvalue weighted by molar-refractivity contribution is 7.80.